The van der Waals surface area contributed by atoms with Gasteiger partial charge in [0, 0.05) is 23.8 Å². The predicted molar refractivity (Wildman–Crippen MR) is 171 cm³/mol. The molecule has 0 saturated heterocycles. The third-order valence-electron chi connectivity index (χ3n) is 8.72. The van der Waals surface area contributed by atoms with Crippen LogP contribution in [-0.4, -0.2) is 80.4 Å². The van der Waals surface area contributed by atoms with Crippen LogP contribution in [0.5, 0.6) is 0 Å². The number of allylic oxidation sites excluding steroid dienone is 3. The molecule has 0 amide bonds. The molecular formula is C35H54O11. The van der Waals surface area contributed by atoms with E-state index in [0.717, 1.165) is 12.0 Å². The second-order valence-electron chi connectivity index (χ2n) is 12.9. The SMILES string of the molecule is CCC(/C=C/C(C)=O)=C\C(O)C[C@H](C)C[C@@H](C)CC[C@H](O)[C@H](C)C(=O)C[C@@H](O)[C@H](C)[C@@H](C)OC(=O)C[C@@H](O)C1=C(C)C(=O)OC1=O. The molecule has 0 aromatic rings. The number of carbonyl (C=O) groups is 5. The largest absolute Gasteiger partial charge is 0.462 e. The minimum Gasteiger partial charge on any atom is -0.462 e. The summed E-state index contributed by atoms with van der Waals surface area (Å²) in [6, 6.07) is 0. The van der Waals surface area contributed by atoms with E-state index in [1.54, 1.807) is 26.0 Å². The summed E-state index contributed by atoms with van der Waals surface area (Å²) >= 11 is 0. The Morgan fingerprint density at radius 2 is 1.48 bits per heavy atom. The molecule has 11 heteroatoms. The highest BCUT2D eigenvalue weighted by atomic mass is 16.6. The lowest BCUT2D eigenvalue weighted by molar-refractivity contribution is -0.154. The fourth-order valence-electron chi connectivity index (χ4n) is 5.44. The third-order valence-corrected chi connectivity index (χ3v) is 8.72. The zero-order valence-corrected chi connectivity index (χ0v) is 28.5. The van der Waals surface area contributed by atoms with Gasteiger partial charge in [0.05, 0.1) is 36.4 Å². The molecule has 0 radical (unpaired) electrons. The number of Topliss-reactive ketones (excluding diaryl/α,β-unsaturated/α-hetero) is 1. The van der Waals surface area contributed by atoms with Crippen LogP contribution in [0, 0.1) is 23.7 Å². The average Bonchev–Trinajstić information content (AvgIpc) is 3.22. The Labute approximate surface area is 272 Å². The maximum atomic E-state index is 12.9. The molecule has 0 aliphatic carbocycles. The minimum absolute atomic E-state index is 0.0485. The summed E-state index contributed by atoms with van der Waals surface area (Å²) in [7, 11) is 0. The van der Waals surface area contributed by atoms with Crippen molar-refractivity contribution in [2.45, 2.75) is 131 Å². The zero-order valence-electron chi connectivity index (χ0n) is 28.5. The molecule has 0 fully saturated rings. The number of hydrogen-bond acceptors (Lipinski definition) is 11. The monoisotopic (exact) mass is 650 g/mol. The lowest BCUT2D eigenvalue weighted by Crippen LogP contribution is -2.36. The van der Waals surface area contributed by atoms with Crippen LogP contribution >= 0.6 is 0 Å². The lowest BCUT2D eigenvalue weighted by atomic mass is 9.85. The van der Waals surface area contributed by atoms with E-state index < -0.39 is 66.7 Å². The highest BCUT2D eigenvalue weighted by Gasteiger charge is 2.36. The van der Waals surface area contributed by atoms with Gasteiger partial charge in [0.1, 0.15) is 11.9 Å². The minimum atomic E-state index is -1.58. The van der Waals surface area contributed by atoms with Crippen LogP contribution in [0.4, 0.5) is 0 Å². The fraction of sp³-hybridized carbons (Fsp3) is 0.686. The summed E-state index contributed by atoms with van der Waals surface area (Å²) in [6.45, 7) is 13.6. The van der Waals surface area contributed by atoms with Crippen molar-refractivity contribution in [3.05, 3.63) is 34.9 Å². The first kappa shape index (κ1) is 41.0. The van der Waals surface area contributed by atoms with E-state index >= 15 is 0 Å². The van der Waals surface area contributed by atoms with Gasteiger partial charge >= 0.3 is 17.9 Å². The number of cyclic esters (lactones) is 2. The molecule has 0 bridgehead atoms. The number of rotatable bonds is 21. The van der Waals surface area contributed by atoms with Gasteiger partial charge in [-0.05, 0) is 76.4 Å². The smallest absolute Gasteiger partial charge is 0.345 e. The van der Waals surface area contributed by atoms with Crippen molar-refractivity contribution in [1.29, 1.82) is 0 Å². The first-order valence-electron chi connectivity index (χ1n) is 16.2. The molecule has 0 saturated carbocycles. The topological polar surface area (TPSA) is 185 Å². The molecule has 1 aliphatic heterocycles. The standard InChI is InChI=1S/C35H54O11/c1-9-26(12-11-21(4)36)16-27(37)15-20(3)14-19(2)10-13-28(38)23(6)30(40)17-29(39)22(5)25(8)45-32(42)18-31(41)33-24(7)34(43)46-35(33)44/h11-12,16,19-20,22-23,25,27-29,31,37-39,41H,9-10,13-15,17-18H2,1-8H3/b12-11+,26-16+/t19-,20+,22+,23-,25+,27?,28-,29+,31+/m0/s1. The van der Waals surface area contributed by atoms with Crippen LogP contribution in [0.1, 0.15) is 100 Å². The van der Waals surface area contributed by atoms with Crippen molar-refractivity contribution in [2.75, 3.05) is 0 Å². The van der Waals surface area contributed by atoms with Gasteiger partial charge in [-0.3, -0.25) is 14.4 Å². The van der Waals surface area contributed by atoms with Crippen molar-refractivity contribution in [3.8, 4) is 0 Å². The van der Waals surface area contributed by atoms with Crippen LogP contribution in [0.3, 0.4) is 0 Å². The number of hydrogen-bond donors (Lipinski definition) is 4. The molecule has 9 atom stereocenters. The molecule has 11 nitrogen and oxygen atoms in total. The van der Waals surface area contributed by atoms with Crippen LogP contribution in [0.15, 0.2) is 34.9 Å². The van der Waals surface area contributed by atoms with Gasteiger partial charge < -0.3 is 29.9 Å². The summed E-state index contributed by atoms with van der Waals surface area (Å²) in [5.74, 6) is -4.03. The van der Waals surface area contributed by atoms with Gasteiger partial charge in [-0.2, -0.15) is 0 Å². The van der Waals surface area contributed by atoms with E-state index in [0.29, 0.717) is 25.7 Å². The Morgan fingerprint density at radius 3 is 2.02 bits per heavy atom. The molecule has 46 heavy (non-hydrogen) atoms. The zero-order chi connectivity index (χ0) is 35.3. The van der Waals surface area contributed by atoms with E-state index in [1.807, 2.05) is 6.92 Å². The van der Waals surface area contributed by atoms with Gasteiger partial charge in [0.25, 0.3) is 0 Å². The van der Waals surface area contributed by atoms with E-state index in [-0.39, 0.29) is 41.0 Å². The summed E-state index contributed by atoms with van der Waals surface area (Å²) in [6.07, 6.45) is 2.22. The first-order chi connectivity index (χ1) is 21.4. The summed E-state index contributed by atoms with van der Waals surface area (Å²) in [5, 5.41) is 42.1. The number of ketones is 2. The molecular weight excluding hydrogens is 596 g/mol. The third kappa shape index (κ3) is 13.8. The predicted octanol–water partition coefficient (Wildman–Crippen LogP) is 3.70. The van der Waals surface area contributed by atoms with Crippen LogP contribution in [0.2, 0.25) is 0 Å². The Kier molecular flexibility index (Phi) is 17.5. The maximum absolute atomic E-state index is 12.9. The van der Waals surface area contributed by atoms with Gasteiger partial charge in [-0.1, -0.05) is 46.8 Å². The Balaban J connectivity index is 2.52. The molecule has 0 aromatic carbocycles. The molecule has 4 N–H and O–H groups in total. The van der Waals surface area contributed by atoms with E-state index in [4.69, 9.17) is 4.74 Å². The normalized spacial score (nSPS) is 20.0. The molecule has 0 aromatic heterocycles. The highest BCUT2D eigenvalue weighted by molar-refractivity contribution is 6.12. The molecule has 0 spiro atoms. The van der Waals surface area contributed by atoms with E-state index in [2.05, 4.69) is 18.6 Å². The van der Waals surface area contributed by atoms with E-state index in [1.165, 1.54) is 26.8 Å². The van der Waals surface area contributed by atoms with E-state index in [9.17, 15) is 44.4 Å². The average molecular weight is 651 g/mol. The van der Waals surface area contributed by atoms with Crippen LogP contribution < -0.4 is 0 Å². The molecule has 260 valence electrons. The van der Waals surface area contributed by atoms with Gasteiger partial charge in [0.2, 0.25) is 0 Å². The number of ether oxygens (including phenoxy) is 2. The second-order valence-corrected chi connectivity index (χ2v) is 12.9. The van der Waals surface area contributed by atoms with Crippen molar-refractivity contribution in [3.63, 3.8) is 0 Å². The number of aliphatic hydroxyl groups is 4. The van der Waals surface area contributed by atoms with Gasteiger partial charge in [-0.25, -0.2) is 9.59 Å². The Hall–Kier alpha value is -2.99. The Bertz CT molecular complexity index is 1170. The van der Waals surface area contributed by atoms with Crippen molar-refractivity contribution < 1.29 is 53.9 Å². The molecule has 1 heterocycles. The van der Waals surface area contributed by atoms with Crippen LogP contribution in [0.25, 0.3) is 0 Å². The number of esters is 3. The van der Waals surface area contributed by atoms with Gasteiger partial charge in [-0.15, -0.1) is 0 Å². The highest BCUT2D eigenvalue weighted by Crippen LogP contribution is 2.26. The summed E-state index contributed by atoms with van der Waals surface area (Å²) in [5.41, 5.74) is 0.529. The summed E-state index contributed by atoms with van der Waals surface area (Å²) < 4.78 is 9.73. The number of carbonyl (C=O) groups excluding carboxylic acids is 5. The lowest BCUT2D eigenvalue weighted by Gasteiger charge is -2.27. The molecule has 1 rings (SSSR count). The van der Waals surface area contributed by atoms with Gasteiger partial charge in [0.15, 0.2) is 5.78 Å². The molecule has 1 aliphatic rings. The van der Waals surface area contributed by atoms with Crippen molar-refractivity contribution >= 4 is 29.5 Å². The van der Waals surface area contributed by atoms with Crippen molar-refractivity contribution in [2.24, 2.45) is 23.7 Å². The first-order valence-corrected chi connectivity index (χ1v) is 16.2. The van der Waals surface area contributed by atoms with Crippen LogP contribution in [-0.2, 0) is 33.4 Å². The maximum Gasteiger partial charge on any atom is 0.345 e. The second kappa shape index (κ2) is 19.6. The summed E-state index contributed by atoms with van der Waals surface area (Å²) in [4.78, 5) is 59.7. The van der Waals surface area contributed by atoms with Crippen molar-refractivity contribution in [1.82, 2.24) is 0 Å². The Morgan fingerprint density at radius 1 is 0.848 bits per heavy atom. The quantitative estimate of drug-likeness (QED) is 0.0615. The number of aliphatic hydroxyl groups excluding tert-OH is 4. The fourth-order valence-corrected chi connectivity index (χ4v) is 5.44. The molecule has 1 unspecified atom stereocenters.